The second-order valence-corrected chi connectivity index (χ2v) is 6.19. The van der Waals surface area contributed by atoms with Crippen LogP contribution in [0.15, 0.2) is 24.3 Å². The van der Waals surface area contributed by atoms with E-state index in [1.54, 1.807) is 7.11 Å². The zero-order valence-corrected chi connectivity index (χ0v) is 13.5. The summed E-state index contributed by atoms with van der Waals surface area (Å²) in [6, 6.07) is 7.99. The van der Waals surface area contributed by atoms with E-state index < -0.39 is 0 Å². The fourth-order valence-electron chi connectivity index (χ4n) is 3.22. The second-order valence-electron chi connectivity index (χ2n) is 5.78. The number of ether oxygens (including phenoxy) is 2. The third kappa shape index (κ3) is 3.27. The quantitative estimate of drug-likeness (QED) is 0.821. The van der Waals surface area contributed by atoms with Gasteiger partial charge in [0.2, 0.25) is 5.91 Å². The van der Waals surface area contributed by atoms with E-state index in [9.17, 15) is 4.79 Å². The van der Waals surface area contributed by atoms with Crippen molar-refractivity contribution in [1.29, 1.82) is 0 Å². The summed E-state index contributed by atoms with van der Waals surface area (Å²) in [6.07, 6.45) is 0.0806. The van der Waals surface area contributed by atoms with E-state index in [0.717, 1.165) is 30.2 Å². The predicted molar refractivity (Wildman–Crippen MR) is 83.8 cm³/mol. The van der Waals surface area contributed by atoms with Crippen LogP contribution in [0, 0.1) is 0 Å². The SMILES string of the molecule is COCCN1C(=O)CO[C@H]2CN(Cc3ccccc3Cl)C[C@@H]21. The standard InChI is InChI=1S/C16H21ClN2O3/c1-21-7-6-19-14-9-18(10-15(14)22-11-16(19)20)8-12-4-2-3-5-13(12)17/h2-5,14-15H,6-11H2,1H3/t14-,15-/m0/s1. The Morgan fingerprint density at radius 2 is 2.18 bits per heavy atom. The molecule has 3 rings (SSSR count). The van der Waals surface area contributed by atoms with Crippen molar-refractivity contribution in [1.82, 2.24) is 9.80 Å². The number of nitrogens with zero attached hydrogens (tertiary/aromatic N) is 2. The molecule has 22 heavy (non-hydrogen) atoms. The number of likely N-dealkylation sites (tertiary alicyclic amines) is 1. The number of rotatable bonds is 5. The second kappa shape index (κ2) is 6.96. The molecule has 0 aliphatic carbocycles. The number of halogens is 1. The Morgan fingerprint density at radius 1 is 1.36 bits per heavy atom. The highest BCUT2D eigenvalue weighted by atomic mass is 35.5. The number of fused-ring (bicyclic) bond motifs is 1. The smallest absolute Gasteiger partial charge is 0.249 e. The van der Waals surface area contributed by atoms with Crippen LogP contribution in [-0.4, -0.2) is 67.8 Å². The van der Waals surface area contributed by atoms with E-state index in [4.69, 9.17) is 21.1 Å². The van der Waals surface area contributed by atoms with Crippen LogP contribution in [0.4, 0.5) is 0 Å². The lowest BCUT2D eigenvalue weighted by molar-refractivity contribution is -0.153. The maximum absolute atomic E-state index is 12.1. The lowest BCUT2D eigenvalue weighted by atomic mass is 10.1. The largest absolute Gasteiger partial charge is 0.383 e. The van der Waals surface area contributed by atoms with Gasteiger partial charge in [0.25, 0.3) is 0 Å². The monoisotopic (exact) mass is 324 g/mol. The molecule has 6 heteroatoms. The minimum Gasteiger partial charge on any atom is -0.383 e. The van der Waals surface area contributed by atoms with Crippen molar-refractivity contribution in [2.75, 3.05) is 40.0 Å². The van der Waals surface area contributed by atoms with Gasteiger partial charge in [-0.05, 0) is 11.6 Å². The van der Waals surface area contributed by atoms with E-state index in [-0.39, 0.29) is 24.7 Å². The topological polar surface area (TPSA) is 42.0 Å². The number of amides is 1. The van der Waals surface area contributed by atoms with Gasteiger partial charge in [-0.3, -0.25) is 9.69 Å². The van der Waals surface area contributed by atoms with Crippen LogP contribution in [0.5, 0.6) is 0 Å². The molecule has 2 atom stereocenters. The van der Waals surface area contributed by atoms with Gasteiger partial charge in [-0.15, -0.1) is 0 Å². The molecule has 5 nitrogen and oxygen atoms in total. The van der Waals surface area contributed by atoms with Crippen molar-refractivity contribution in [2.24, 2.45) is 0 Å². The molecular formula is C16H21ClN2O3. The van der Waals surface area contributed by atoms with E-state index >= 15 is 0 Å². The molecule has 1 amide bonds. The first-order chi connectivity index (χ1) is 10.7. The minimum absolute atomic E-state index is 0.0536. The number of morpholine rings is 1. The summed E-state index contributed by atoms with van der Waals surface area (Å²) in [5.41, 5.74) is 1.11. The van der Waals surface area contributed by atoms with Crippen molar-refractivity contribution >= 4 is 17.5 Å². The molecule has 0 N–H and O–H groups in total. The van der Waals surface area contributed by atoms with Crippen LogP contribution in [0.3, 0.4) is 0 Å². The van der Waals surface area contributed by atoms with Gasteiger partial charge >= 0.3 is 0 Å². The summed E-state index contributed by atoms with van der Waals surface area (Å²) in [5.74, 6) is 0.0536. The van der Waals surface area contributed by atoms with Crippen LogP contribution in [0.1, 0.15) is 5.56 Å². The average Bonchev–Trinajstić information content (AvgIpc) is 2.91. The van der Waals surface area contributed by atoms with E-state index in [0.29, 0.717) is 13.2 Å². The Morgan fingerprint density at radius 3 is 2.95 bits per heavy atom. The Hall–Kier alpha value is -1.14. The summed E-state index contributed by atoms with van der Waals surface area (Å²) in [6.45, 7) is 3.77. The molecule has 2 aliphatic heterocycles. The summed E-state index contributed by atoms with van der Waals surface area (Å²) >= 11 is 6.24. The molecule has 0 unspecified atom stereocenters. The molecule has 0 saturated carbocycles. The lowest BCUT2D eigenvalue weighted by Gasteiger charge is -2.36. The predicted octanol–water partition coefficient (Wildman–Crippen LogP) is 1.40. The van der Waals surface area contributed by atoms with Gasteiger partial charge in [-0.25, -0.2) is 0 Å². The average molecular weight is 325 g/mol. The highest BCUT2D eigenvalue weighted by molar-refractivity contribution is 6.31. The maximum Gasteiger partial charge on any atom is 0.249 e. The Bertz CT molecular complexity index is 540. The normalized spacial score (nSPS) is 25.5. The van der Waals surface area contributed by atoms with Crippen molar-refractivity contribution in [2.45, 2.75) is 18.7 Å². The number of hydrogen-bond donors (Lipinski definition) is 0. The molecule has 2 saturated heterocycles. The Balaban J connectivity index is 1.67. The Kier molecular flexibility index (Phi) is 4.98. The number of carbonyl (C=O) groups excluding carboxylic acids is 1. The molecule has 1 aromatic carbocycles. The lowest BCUT2D eigenvalue weighted by Crippen LogP contribution is -2.54. The molecule has 120 valence electrons. The van der Waals surface area contributed by atoms with Gasteiger partial charge < -0.3 is 14.4 Å². The van der Waals surface area contributed by atoms with Crippen molar-refractivity contribution in [3.8, 4) is 0 Å². The summed E-state index contributed by atoms with van der Waals surface area (Å²) in [7, 11) is 1.65. The van der Waals surface area contributed by atoms with Gasteiger partial charge in [-0.1, -0.05) is 29.8 Å². The van der Waals surface area contributed by atoms with Gasteiger partial charge in [-0.2, -0.15) is 0 Å². The minimum atomic E-state index is 0.0536. The zero-order valence-electron chi connectivity index (χ0n) is 12.7. The molecule has 2 heterocycles. The number of hydrogen-bond acceptors (Lipinski definition) is 4. The van der Waals surface area contributed by atoms with Crippen LogP contribution < -0.4 is 0 Å². The first-order valence-electron chi connectivity index (χ1n) is 7.55. The first kappa shape index (κ1) is 15.7. The summed E-state index contributed by atoms with van der Waals surface area (Å²) < 4.78 is 10.8. The van der Waals surface area contributed by atoms with Crippen molar-refractivity contribution in [3.63, 3.8) is 0 Å². The molecule has 2 aliphatic rings. The zero-order chi connectivity index (χ0) is 15.5. The third-order valence-corrected chi connectivity index (χ3v) is 4.71. The van der Waals surface area contributed by atoms with Gasteiger partial charge in [0.1, 0.15) is 6.61 Å². The molecule has 0 aromatic heterocycles. The molecular weight excluding hydrogens is 304 g/mol. The molecule has 0 radical (unpaired) electrons. The summed E-state index contributed by atoms with van der Waals surface area (Å²) in [5, 5.41) is 0.783. The number of benzene rings is 1. The van der Waals surface area contributed by atoms with Gasteiger partial charge in [0, 0.05) is 38.3 Å². The van der Waals surface area contributed by atoms with Gasteiger partial charge in [0.05, 0.1) is 18.8 Å². The third-order valence-electron chi connectivity index (χ3n) is 4.34. The van der Waals surface area contributed by atoms with Crippen LogP contribution in [0.2, 0.25) is 5.02 Å². The van der Waals surface area contributed by atoms with Crippen LogP contribution >= 0.6 is 11.6 Å². The van der Waals surface area contributed by atoms with Crippen molar-refractivity contribution < 1.29 is 14.3 Å². The first-order valence-corrected chi connectivity index (χ1v) is 7.92. The van der Waals surface area contributed by atoms with Crippen molar-refractivity contribution in [3.05, 3.63) is 34.9 Å². The van der Waals surface area contributed by atoms with Gasteiger partial charge in [0.15, 0.2) is 0 Å². The molecule has 2 fully saturated rings. The van der Waals surface area contributed by atoms with Crippen LogP contribution in [0.25, 0.3) is 0 Å². The Labute approximate surface area is 135 Å². The van der Waals surface area contributed by atoms with E-state index in [1.165, 1.54) is 0 Å². The molecule has 1 aromatic rings. The maximum atomic E-state index is 12.1. The number of methoxy groups -OCH3 is 1. The van der Waals surface area contributed by atoms with E-state index in [2.05, 4.69) is 4.90 Å². The molecule has 0 spiro atoms. The van der Waals surface area contributed by atoms with Crippen LogP contribution in [-0.2, 0) is 20.8 Å². The molecule has 0 bridgehead atoms. The fraction of sp³-hybridized carbons (Fsp3) is 0.562. The highest BCUT2D eigenvalue weighted by Crippen LogP contribution is 2.26. The van der Waals surface area contributed by atoms with E-state index in [1.807, 2.05) is 29.2 Å². The highest BCUT2D eigenvalue weighted by Gasteiger charge is 2.42. The summed E-state index contributed by atoms with van der Waals surface area (Å²) in [4.78, 5) is 16.3. The number of carbonyl (C=O) groups is 1. The fourth-order valence-corrected chi connectivity index (χ4v) is 3.41.